The molecule has 0 radical (unpaired) electrons. The maximum absolute atomic E-state index is 14.0. The number of benzene rings is 1. The number of rotatable bonds is 1. The van der Waals surface area contributed by atoms with E-state index in [1.807, 2.05) is 0 Å². The second kappa shape index (κ2) is 4.84. The summed E-state index contributed by atoms with van der Waals surface area (Å²) in [6, 6.07) is 3.51. The molecule has 3 rings (SSSR count). The number of piperidine rings is 1. The summed E-state index contributed by atoms with van der Waals surface area (Å²) < 4.78 is 27.0. The van der Waals surface area contributed by atoms with Gasteiger partial charge in [-0.1, -0.05) is 18.9 Å². The van der Waals surface area contributed by atoms with Gasteiger partial charge in [-0.2, -0.15) is 0 Å². The molecule has 2 nitrogen and oxygen atoms in total. The molecule has 0 amide bonds. The predicted molar refractivity (Wildman–Crippen MR) is 68.6 cm³/mol. The molecule has 1 aliphatic carbocycles. The minimum absolute atomic E-state index is 0.0231. The Bertz CT molecular complexity index is 475. The highest BCUT2D eigenvalue weighted by Crippen LogP contribution is 2.45. The van der Waals surface area contributed by atoms with Crippen LogP contribution in [-0.2, 0) is 0 Å². The lowest BCUT2D eigenvalue weighted by molar-refractivity contribution is -0.0865. The van der Waals surface area contributed by atoms with E-state index in [-0.39, 0.29) is 12.0 Å². The smallest absolute Gasteiger partial charge is 0.130 e. The van der Waals surface area contributed by atoms with Crippen molar-refractivity contribution in [3.63, 3.8) is 0 Å². The lowest BCUT2D eigenvalue weighted by Crippen LogP contribution is -2.53. The molecule has 1 aliphatic heterocycles. The van der Waals surface area contributed by atoms with Crippen LogP contribution in [0.3, 0.4) is 0 Å². The quantitative estimate of drug-likeness (QED) is 0.820. The lowest BCUT2D eigenvalue weighted by Gasteiger charge is -2.48. The summed E-state index contributed by atoms with van der Waals surface area (Å²) in [4.78, 5) is 0. The van der Waals surface area contributed by atoms with E-state index < -0.39 is 17.2 Å². The molecule has 1 saturated carbocycles. The Hall–Kier alpha value is -1.00. The fraction of sp³-hybridized carbons (Fsp3) is 0.600. The van der Waals surface area contributed by atoms with Crippen LogP contribution in [0.2, 0.25) is 0 Å². The number of hydrogen-bond donors (Lipinski definition) is 2. The van der Waals surface area contributed by atoms with Crippen molar-refractivity contribution in [1.82, 2.24) is 5.32 Å². The Morgan fingerprint density at radius 1 is 1.21 bits per heavy atom. The Morgan fingerprint density at radius 3 is 2.84 bits per heavy atom. The van der Waals surface area contributed by atoms with Crippen LogP contribution in [-0.4, -0.2) is 17.3 Å². The Balaban J connectivity index is 1.94. The standard InChI is InChI=1S/C15H19F2NO/c16-10-4-5-11(13(17)9-10)14-12-3-1-2-6-15(12,19)7-8-18-14/h4-5,9,12,14,18-19H,1-3,6-8H2. The molecule has 19 heavy (non-hydrogen) atoms. The molecule has 2 fully saturated rings. The van der Waals surface area contributed by atoms with Gasteiger partial charge >= 0.3 is 0 Å². The average molecular weight is 267 g/mol. The van der Waals surface area contributed by atoms with Gasteiger partial charge in [-0.05, 0) is 31.9 Å². The van der Waals surface area contributed by atoms with Gasteiger partial charge in [0.2, 0.25) is 0 Å². The van der Waals surface area contributed by atoms with Gasteiger partial charge in [-0.25, -0.2) is 8.78 Å². The second-order valence-corrected chi connectivity index (χ2v) is 5.80. The van der Waals surface area contributed by atoms with Gasteiger partial charge in [-0.3, -0.25) is 0 Å². The first-order valence-corrected chi connectivity index (χ1v) is 7.01. The van der Waals surface area contributed by atoms with Gasteiger partial charge in [0.15, 0.2) is 0 Å². The van der Waals surface area contributed by atoms with Gasteiger partial charge in [0.05, 0.1) is 5.60 Å². The highest BCUT2D eigenvalue weighted by molar-refractivity contribution is 5.25. The molecule has 0 aromatic heterocycles. The summed E-state index contributed by atoms with van der Waals surface area (Å²) in [5.74, 6) is -1.06. The largest absolute Gasteiger partial charge is 0.389 e. The van der Waals surface area contributed by atoms with Crippen molar-refractivity contribution in [3.8, 4) is 0 Å². The SMILES string of the molecule is OC12CCCCC1C(c1ccc(F)cc1F)NCC2. The summed E-state index contributed by atoms with van der Waals surface area (Å²) in [5.41, 5.74) is -0.207. The molecule has 1 saturated heterocycles. The fourth-order valence-corrected chi connectivity index (χ4v) is 3.70. The topological polar surface area (TPSA) is 32.3 Å². The van der Waals surface area contributed by atoms with Crippen molar-refractivity contribution < 1.29 is 13.9 Å². The monoisotopic (exact) mass is 267 g/mol. The molecule has 104 valence electrons. The van der Waals surface area contributed by atoms with Crippen LogP contribution < -0.4 is 5.32 Å². The van der Waals surface area contributed by atoms with Gasteiger partial charge in [0, 0.05) is 23.6 Å². The molecule has 3 atom stereocenters. The Morgan fingerprint density at radius 2 is 2.05 bits per heavy atom. The molecule has 1 heterocycles. The summed E-state index contributed by atoms with van der Waals surface area (Å²) >= 11 is 0. The Labute approximate surface area is 111 Å². The number of halogens is 2. The van der Waals surface area contributed by atoms with E-state index >= 15 is 0 Å². The van der Waals surface area contributed by atoms with Crippen LogP contribution in [0.1, 0.15) is 43.7 Å². The van der Waals surface area contributed by atoms with E-state index in [4.69, 9.17) is 0 Å². The fourth-order valence-electron chi connectivity index (χ4n) is 3.70. The third-order valence-electron chi connectivity index (χ3n) is 4.69. The second-order valence-electron chi connectivity index (χ2n) is 5.80. The number of hydrogen-bond acceptors (Lipinski definition) is 2. The van der Waals surface area contributed by atoms with Crippen molar-refractivity contribution in [2.45, 2.75) is 43.7 Å². The molecule has 4 heteroatoms. The predicted octanol–water partition coefficient (Wildman–Crippen LogP) is 2.92. The van der Waals surface area contributed by atoms with E-state index in [0.717, 1.165) is 38.2 Å². The van der Waals surface area contributed by atoms with Crippen molar-refractivity contribution >= 4 is 0 Å². The van der Waals surface area contributed by atoms with Gasteiger partial charge in [0.1, 0.15) is 11.6 Å². The minimum atomic E-state index is -0.686. The number of aliphatic hydroxyl groups is 1. The molecule has 1 aromatic carbocycles. The average Bonchev–Trinajstić information content (AvgIpc) is 2.37. The van der Waals surface area contributed by atoms with E-state index in [1.165, 1.54) is 12.1 Å². The van der Waals surface area contributed by atoms with E-state index in [0.29, 0.717) is 12.1 Å². The van der Waals surface area contributed by atoms with Crippen LogP contribution in [0.5, 0.6) is 0 Å². The van der Waals surface area contributed by atoms with E-state index in [9.17, 15) is 13.9 Å². The zero-order chi connectivity index (χ0) is 13.5. The molecular formula is C15H19F2NO. The van der Waals surface area contributed by atoms with Crippen LogP contribution in [0.15, 0.2) is 18.2 Å². The van der Waals surface area contributed by atoms with Gasteiger partial charge < -0.3 is 10.4 Å². The molecular weight excluding hydrogens is 248 g/mol. The summed E-state index contributed by atoms with van der Waals surface area (Å²) in [6.07, 6.45) is 4.50. The first kappa shape index (κ1) is 13.0. The zero-order valence-electron chi connectivity index (χ0n) is 10.8. The van der Waals surface area contributed by atoms with Crippen molar-refractivity contribution in [2.24, 2.45) is 5.92 Å². The Kier molecular flexibility index (Phi) is 3.31. The molecule has 0 bridgehead atoms. The van der Waals surface area contributed by atoms with E-state index in [2.05, 4.69) is 5.32 Å². The van der Waals surface area contributed by atoms with Gasteiger partial charge in [-0.15, -0.1) is 0 Å². The number of nitrogens with one attached hydrogen (secondary N) is 1. The first-order chi connectivity index (χ1) is 9.10. The van der Waals surface area contributed by atoms with Crippen molar-refractivity contribution in [2.75, 3.05) is 6.54 Å². The molecule has 2 N–H and O–H groups in total. The third-order valence-corrected chi connectivity index (χ3v) is 4.69. The van der Waals surface area contributed by atoms with Gasteiger partial charge in [0.25, 0.3) is 0 Å². The molecule has 0 spiro atoms. The minimum Gasteiger partial charge on any atom is -0.389 e. The normalized spacial score (nSPS) is 34.9. The van der Waals surface area contributed by atoms with Crippen LogP contribution in [0.4, 0.5) is 8.78 Å². The molecule has 3 unspecified atom stereocenters. The van der Waals surface area contributed by atoms with E-state index in [1.54, 1.807) is 0 Å². The first-order valence-electron chi connectivity index (χ1n) is 7.01. The molecule has 1 aromatic rings. The highest BCUT2D eigenvalue weighted by Gasteiger charge is 2.46. The van der Waals surface area contributed by atoms with Crippen LogP contribution in [0.25, 0.3) is 0 Å². The maximum atomic E-state index is 14.0. The van der Waals surface area contributed by atoms with Crippen molar-refractivity contribution in [3.05, 3.63) is 35.4 Å². The molecule has 2 aliphatic rings. The third kappa shape index (κ3) is 2.28. The van der Waals surface area contributed by atoms with Crippen LogP contribution in [0, 0.1) is 17.6 Å². The maximum Gasteiger partial charge on any atom is 0.130 e. The zero-order valence-corrected chi connectivity index (χ0v) is 10.8. The summed E-state index contributed by atoms with van der Waals surface area (Å²) in [7, 11) is 0. The van der Waals surface area contributed by atoms with Crippen LogP contribution >= 0.6 is 0 Å². The lowest BCUT2D eigenvalue weighted by atomic mass is 9.67. The summed E-state index contributed by atoms with van der Waals surface area (Å²) in [6.45, 7) is 0.675. The highest BCUT2D eigenvalue weighted by atomic mass is 19.1. The van der Waals surface area contributed by atoms with Crippen molar-refractivity contribution in [1.29, 1.82) is 0 Å². The number of fused-ring (bicyclic) bond motifs is 1. The summed E-state index contributed by atoms with van der Waals surface area (Å²) in [5, 5.41) is 14.0.